The van der Waals surface area contributed by atoms with Gasteiger partial charge in [-0.25, -0.2) is 4.98 Å². The fourth-order valence-corrected chi connectivity index (χ4v) is 1.51. The van der Waals surface area contributed by atoms with E-state index in [4.69, 9.17) is 4.42 Å². The number of nitrogens with zero attached hydrogens (tertiary/aromatic N) is 2. The molecular formula is C11H12N2O2. The maximum absolute atomic E-state index is 10.9. The van der Waals surface area contributed by atoms with Crippen molar-refractivity contribution in [2.45, 2.75) is 13.8 Å². The third-order valence-electron chi connectivity index (χ3n) is 2.45. The van der Waals surface area contributed by atoms with Gasteiger partial charge in [-0.15, -0.1) is 0 Å². The Kier molecular flexibility index (Phi) is 2.19. The molecule has 0 radical (unpaired) electrons. The van der Waals surface area contributed by atoms with Crippen LogP contribution in [0.5, 0.6) is 0 Å². The first-order chi connectivity index (χ1) is 7.13. The summed E-state index contributed by atoms with van der Waals surface area (Å²) < 4.78 is 7.20. The number of hydrogen-bond acceptors (Lipinski definition) is 3. The second-order valence-corrected chi connectivity index (χ2v) is 3.48. The summed E-state index contributed by atoms with van der Waals surface area (Å²) in [6, 6.07) is 3.68. The van der Waals surface area contributed by atoms with Crippen LogP contribution in [0.2, 0.25) is 0 Å². The summed E-state index contributed by atoms with van der Waals surface area (Å²) in [5, 5.41) is 0. The number of carbonyl (C=O) groups excluding carboxylic acids is 1. The van der Waals surface area contributed by atoms with Crippen LogP contribution in [0.1, 0.15) is 22.1 Å². The SMILES string of the molecule is Cc1ccc(-c2nc(C)n(C)c2C=O)o1. The molecule has 0 fully saturated rings. The van der Waals surface area contributed by atoms with Gasteiger partial charge in [-0.2, -0.15) is 0 Å². The van der Waals surface area contributed by atoms with E-state index in [1.54, 1.807) is 4.57 Å². The maximum Gasteiger partial charge on any atom is 0.168 e. The molecule has 0 saturated heterocycles. The Hall–Kier alpha value is -1.84. The highest BCUT2D eigenvalue weighted by atomic mass is 16.3. The van der Waals surface area contributed by atoms with Crippen LogP contribution in [0, 0.1) is 13.8 Å². The van der Waals surface area contributed by atoms with E-state index >= 15 is 0 Å². The number of aryl methyl sites for hydroxylation is 2. The van der Waals surface area contributed by atoms with Gasteiger partial charge in [-0.1, -0.05) is 0 Å². The van der Waals surface area contributed by atoms with Crippen LogP contribution in [0.4, 0.5) is 0 Å². The molecule has 0 atom stereocenters. The normalized spacial score (nSPS) is 10.6. The molecule has 2 rings (SSSR count). The molecule has 0 spiro atoms. The van der Waals surface area contributed by atoms with Crippen LogP contribution in [0.15, 0.2) is 16.5 Å². The topological polar surface area (TPSA) is 48.0 Å². The molecule has 0 unspecified atom stereocenters. The fourth-order valence-electron chi connectivity index (χ4n) is 1.51. The van der Waals surface area contributed by atoms with Crippen molar-refractivity contribution in [2.75, 3.05) is 0 Å². The van der Waals surface area contributed by atoms with E-state index in [9.17, 15) is 4.79 Å². The zero-order valence-corrected chi connectivity index (χ0v) is 8.94. The maximum atomic E-state index is 10.9. The lowest BCUT2D eigenvalue weighted by Gasteiger charge is -1.95. The number of aldehydes is 1. The minimum Gasteiger partial charge on any atom is -0.460 e. The van der Waals surface area contributed by atoms with E-state index in [1.807, 2.05) is 33.0 Å². The van der Waals surface area contributed by atoms with Crippen molar-refractivity contribution in [3.8, 4) is 11.5 Å². The minimum atomic E-state index is 0.543. The van der Waals surface area contributed by atoms with Crippen LogP contribution < -0.4 is 0 Å². The van der Waals surface area contributed by atoms with Gasteiger partial charge in [0.25, 0.3) is 0 Å². The van der Waals surface area contributed by atoms with Crippen molar-refractivity contribution < 1.29 is 9.21 Å². The molecule has 4 heteroatoms. The number of hydrogen-bond donors (Lipinski definition) is 0. The van der Waals surface area contributed by atoms with Gasteiger partial charge in [0, 0.05) is 7.05 Å². The van der Waals surface area contributed by atoms with Crippen molar-refractivity contribution in [1.29, 1.82) is 0 Å². The van der Waals surface area contributed by atoms with E-state index in [-0.39, 0.29) is 0 Å². The summed E-state index contributed by atoms with van der Waals surface area (Å²) in [5.74, 6) is 2.24. The monoisotopic (exact) mass is 204 g/mol. The van der Waals surface area contributed by atoms with Gasteiger partial charge in [0.1, 0.15) is 23.0 Å². The van der Waals surface area contributed by atoms with Crippen LogP contribution in [-0.2, 0) is 7.05 Å². The summed E-state index contributed by atoms with van der Waals surface area (Å²) in [5.41, 5.74) is 1.15. The lowest BCUT2D eigenvalue weighted by atomic mass is 10.3. The number of carbonyl (C=O) groups is 1. The molecular weight excluding hydrogens is 192 g/mol. The van der Waals surface area contributed by atoms with Crippen LogP contribution >= 0.6 is 0 Å². The summed E-state index contributed by atoms with van der Waals surface area (Å²) in [7, 11) is 1.81. The highest BCUT2D eigenvalue weighted by Crippen LogP contribution is 2.24. The fraction of sp³-hybridized carbons (Fsp3) is 0.273. The third-order valence-corrected chi connectivity index (χ3v) is 2.45. The number of imidazole rings is 1. The first-order valence-corrected chi connectivity index (χ1v) is 4.68. The highest BCUT2D eigenvalue weighted by molar-refractivity contribution is 5.82. The number of rotatable bonds is 2. The lowest BCUT2D eigenvalue weighted by molar-refractivity contribution is 0.111. The Morgan fingerprint density at radius 1 is 1.40 bits per heavy atom. The molecule has 0 saturated carbocycles. The van der Waals surface area contributed by atoms with Gasteiger partial charge in [0.05, 0.1) is 0 Å². The average molecular weight is 204 g/mol. The Morgan fingerprint density at radius 3 is 2.67 bits per heavy atom. The number of furan rings is 1. The molecule has 2 aromatic heterocycles. The predicted octanol–water partition coefficient (Wildman–Crippen LogP) is 2.11. The Morgan fingerprint density at radius 2 is 2.13 bits per heavy atom. The highest BCUT2D eigenvalue weighted by Gasteiger charge is 2.15. The van der Waals surface area contributed by atoms with Gasteiger partial charge in [0.2, 0.25) is 0 Å². The van der Waals surface area contributed by atoms with E-state index in [0.717, 1.165) is 17.9 Å². The van der Waals surface area contributed by atoms with Gasteiger partial charge < -0.3 is 8.98 Å². The predicted molar refractivity (Wildman–Crippen MR) is 55.8 cm³/mol. The summed E-state index contributed by atoms with van der Waals surface area (Å²) in [4.78, 5) is 15.2. The summed E-state index contributed by atoms with van der Waals surface area (Å²) in [6.07, 6.45) is 0.799. The molecule has 0 aromatic carbocycles. The third kappa shape index (κ3) is 1.48. The molecule has 0 aliphatic carbocycles. The quantitative estimate of drug-likeness (QED) is 0.704. The van der Waals surface area contributed by atoms with Crippen molar-refractivity contribution in [3.63, 3.8) is 0 Å². The van der Waals surface area contributed by atoms with Gasteiger partial charge in [-0.3, -0.25) is 4.79 Å². The molecule has 0 amide bonds. The molecule has 4 nitrogen and oxygen atoms in total. The molecule has 15 heavy (non-hydrogen) atoms. The average Bonchev–Trinajstić information content (AvgIpc) is 2.73. The van der Waals surface area contributed by atoms with Gasteiger partial charge in [-0.05, 0) is 26.0 Å². The van der Waals surface area contributed by atoms with Crippen molar-refractivity contribution in [1.82, 2.24) is 9.55 Å². The lowest BCUT2D eigenvalue weighted by Crippen LogP contribution is -1.97. The Bertz CT molecular complexity index is 509. The van der Waals surface area contributed by atoms with E-state index < -0.39 is 0 Å². The minimum absolute atomic E-state index is 0.543. The molecule has 0 aliphatic heterocycles. The van der Waals surface area contributed by atoms with Crippen LogP contribution in [0.3, 0.4) is 0 Å². The number of aromatic nitrogens is 2. The first kappa shape index (κ1) is 9.71. The van der Waals surface area contributed by atoms with Crippen LogP contribution in [-0.4, -0.2) is 15.8 Å². The first-order valence-electron chi connectivity index (χ1n) is 4.68. The van der Waals surface area contributed by atoms with Crippen molar-refractivity contribution in [2.24, 2.45) is 7.05 Å². The molecule has 78 valence electrons. The van der Waals surface area contributed by atoms with Crippen molar-refractivity contribution in [3.05, 3.63) is 29.4 Å². The molecule has 0 bridgehead atoms. The van der Waals surface area contributed by atoms with E-state index in [2.05, 4.69) is 4.98 Å². The standard InChI is InChI=1S/C11H12N2O2/c1-7-4-5-10(15-7)11-9(6-14)13(3)8(2)12-11/h4-6H,1-3H3. The second-order valence-electron chi connectivity index (χ2n) is 3.48. The zero-order valence-electron chi connectivity index (χ0n) is 8.94. The second kappa shape index (κ2) is 3.38. The molecule has 2 heterocycles. The smallest absolute Gasteiger partial charge is 0.168 e. The Labute approximate surface area is 87.5 Å². The zero-order chi connectivity index (χ0) is 11.0. The summed E-state index contributed by atoms with van der Waals surface area (Å²) in [6.45, 7) is 3.71. The van der Waals surface area contributed by atoms with Crippen LogP contribution in [0.25, 0.3) is 11.5 Å². The van der Waals surface area contributed by atoms with Crippen molar-refractivity contribution >= 4 is 6.29 Å². The van der Waals surface area contributed by atoms with E-state index in [0.29, 0.717) is 17.1 Å². The molecule has 0 N–H and O–H groups in total. The summed E-state index contributed by atoms with van der Waals surface area (Å²) >= 11 is 0. The molecule has 2 aromatic rings. The van der Waals surface area contributed by atoms with Gasteiger partial charge >= 0.3 is 0 Å². The Balaban J connectivity index is 2.62. The largest absolute Gasteiger partial charge is 0.460 e. The molecule has 0 aliphatic rings. The van der Waals surface area contributed by atoms with E-state index in [1.165, 1.54) is 0 Å². The van der Waals surface area contributed by atoms with Gasteiger partial charge in [0.15, 0.2) is 12.0 Å².